The normalized spacial score (nSPS) is 24.4. The van der Waals surface area contributed by atoms with E-state index in [-0.39, 0.29) is 18.7 Å². The van der Waals surface area contributed by atoms with Gasteiger partial charge in [0.1, 0.15) is 11.6 Å². The molecule has 0 amide bonds. The van der Waals surface area contributed by atoms with Gasteiger partial charge in [-0.1, -0.05) is 19.9 Å². The van der Waals surface area contributed by atoms with Gasteiger partial charge in [-0.3, -0.25) is 14.5 Å². The number of aryl methyl sites for hydroxylation is 1. The molecular weight excluding hydrogens is 424 g/mol. The fourth-order valence-electron chi connectivity index (χ4n) is 6.09. The van der Waals surface area contributed by atoms with Gasteiger partial charge < -0.3 is 14.9 Å². The molecule has 5 heterocycles. The molecule has 7 heteroatoms. The second-order valence-electron chi connectivity index (χ2n) is 10.5. The first kappa shape index (κ1) is 23.5. The third-order valence-electron chi connectivity index (χ3n) is 8.04. The minimum atomic E-state index is 0.0171. The number of aliphatic hydroxyl groups excluding tert-OH is 1. The monoisotopic (exact) mass is 464 g/mol. The molecule has 0 aliphatic carbocycles. The van der Waals surface area contributed by atoms with Crippen molar-refractivity contribution in [2.24, 2.45) is 0 Å². The van der Waals surface area contributed by atoms with Gasteiger partial charge in [0.25, 0.3) is 0 Å². The topological polar surface area (TPSA) is 60.7 Å². The number of piperidine rings is 1. The van der Waals surface area contributed by atoms with Gasteiger partial charge >= 0.3 is 0 Å². The van der Waals surface area contributed by atoms with Gasteiger partial charge in [0.15, 0.2) is 0 Å². The standard InChI is InChI=1S/C27H40N6O/c1-19(2)20-8-7-13-28-26(20)21-9-5-10-22(31(21)4)27-23(18-34)33-24(29-27)11-6-12-25(33)32-16-14-30(3)15-17-32/h7-8,12-13,19,21-22,34H,5-6,9-11,14-18H2,1-4H3/t21-,22+/m0/s1. The fourth-order valence-corrected chi connectivity index (χ4v) is 6.09. The Morgan fingerprint density at radius 2 is 1.79 bits per heavy atom. The van der Waals surface area contributed by atoms with Gasteiger partial charge in [-0.2, -0.15) is 0 Å². The Morgan fingerprint density at radius 1 is 1.06 bits per heavy atom. The molecule has 0 saturated carbocycles. The van der Waals surface area contributed by atoms with Gasteiger partial charge in [-0.15, -0.1) is 0 Å². The van der Waals surface area contributed by atoms with E-state index in [1.165, 1.54) is 17.1 Å². The van der Waals surface area contributed by atoms with Crippen LogP contribution in [0.25, 0.3) is 5.82 Å². The third-order valence-corrected chi connectivity index (χ3v) is 8.04. The SMILES string of the molecule is CC(C)c1cccnc1[C@@H]1CCC[C@H](c2nc3n(c2CO)C(N2CCN(C)CC2)=CCC3)N1C. The fraction of sp³-hybridized carbons (Fsp3) is 0.630. The van der Waals surface area contributed by atoms with E-state index in [1.54, 1.807) is 0 Å². The maximum Gasteiger partial charge on any atom is 0.115 e. The van der Waals surface area contributed by atoms with Crippen LogP contribution in [-0.2, 0) is 13.0 Å². The highest BCUT2D eigenvalue weighted by molar-refractivity contribution is 5.50. The van der Waals surface area contributed by atoms with Crippen LogP contribution in [-0.4, -0.2) is 74.6 Å². The molecule has 7 nitrogen and oxygen atoms in total. The van der Waals surface area contributed by atoms with Gasteiger partial charge in [0, 0.05) is 38.8 Å². The Bertz CT molecular complexity index is 1040. The molecule has 2 aromatic rings. The molecule has 2 saturated heterocycles. The van der Waals surface area contributed by atoms with Crippen molar-refractivity contribution in [3.63, 3.8) is 0 Å². The molecule has 0 unspecified atom stereocenters. The first-order valence-corrected chi connectivity index (χ1v) is 13.0. The molecule has 184 valence electrons. The number of pyridine rings is 1. The number of nitrogens with zero attached hydrogens (tertiary/aromatic N) is 6. The number of fused-ring (bicyclic) bond motifs is 1. The number of likely N-dealkylation sites (N-methyl/N-ethyl adjacent to an activating group) is 1. The zero-order chi connectivity index (χ0) is 23.8. The van der Waals surface area contributed by atoms with Gasteiger partial charge in [-0.25, -0.2) is 4.98 Å². The van der Waals surface area contributed by atoms with E-state index < -0.39 is 0 Å². The summed E-state index contributed by atoms with van der Waals surface area (Å²) < 4.78 is 2.28. The van der Waals surface area contributed by atoms with Crippen LogP contribution in [0.3, 0.4) is 0 Å². The van der Waals surface area contributed by atoms with E-state index in [4.69, 9.17) is 9.97 Å². The van der Waals surface area contributed by atoms with Crippen molar-refractivity contribution < 1.29 is 5.11 Å². The molecule has 0 radical (unpaired) electrons. The average molecular weight is 465 g/mol. The lowest BCUT2D eigenvalue weighted by Gasteiger charge is -2.40. The van der Waals surface area contributed by atoms with E-state index in [2.05, 4.69) is 65.4 Å². The van der Waals surface area contributed by atoms with Crippen molar-refractivity contribution in [1.29, 1.82) is 0 Å². The Balaban J connectivity index is 1.48. The van der Waals surface area contributed by atoms with Crippen molar-refractivity contribution in [3.05, 3.63) is 52.9 Å². The van der Waals surface area contributed by atoms with Gasteiger partial charge in [0.05, 0.1) is 35.8 Å². The number of aliphatic hydroxyl groups is 1. The number of hydrogen-bond acceptors (Lipinski definition) is 6. The molecule has 3 aliphatic rings. The number of rotatable bonds is 5. The summed E-state index contributed by atoms with van der Waals surface area (Å²) in [5.41, 5.74) is 4.58. The minimum Gasteiger partial charge on any atom is -0.390 e. The number of piperazine rings is 1. The lowest BCUT2D eigenvalue weighted by Crippen LogP contribution is -2.45. The van der Waals surface area contributed by atoms with Crippen LogP contribution in [0.1, 0.15) is 86.0 Å². The van der Waals surface area contributed by atoms with Crippen molar-refractivity contribution in [2.45, 2.75) is 70.6 Å². The van der Waals surface area contributed by atoms with Crippen molar-refractivity contribution >= 4 is 5.82 Å². The zero-order valence-electron chi connectivity index (χ0n) is 21.2. The van der Waals surface area contributed by atoms with Crippen molar-refractivity contribution in [3.8, 4) is 0 Å². The number of hydrogen-bond donors (Lipinski definition) is 1. The molecule has 5 rings (SSSR count). The molecule has 0 bridgehead atoms. The van der Waals surface area contributed by atoms with E-state index >= 15 is 0 Å². The quantitative estimate of drug-likeness (QED) is 0.727. The number of likely N-dealkylation sites (tertiary alicyclic amines) is 1. The van der Waals surface area contributed by atoms with Crippen LogP contribution in [0.4, 0.5) is 0 Å². The van der Waals surface area contributed by atoms with Gasteiger partial charge in [-0.05, 0) is 63.4 Å². The zero-order valence-corrected chi connectivity index (χ0v) is 21.2. The Morgan fingerprint density at radius 3 is 2.50 bits per heavy atom. The highest BCUT2D eigenvalue weighted by Crippen LogP contribution is 2.43. The predicted octanol–water partition coefficient (Wildman–Crippen LogP) is 3.78. The molecule has 2 atom stereocenters. The molecule has 2 fully saturated rings. The second-order valence-corrected chi connectivity index (χ2v) is 10.5. The summed E-state index contributed by atoms with van der Waals surface area (Å²) in [6.07, 6.45) is 9.53. The summed E-state index contributed by atoms with van der Waals surface area (Å²) in [7, 11) is 4.41. The minimum absolute atomic E-state index is 0.0171. The van der Waals surface area contributed by atoms with Crippen LogP contribution in [0.5, 0.6) is 0 Å². The van der Waals surface area contributed by atoms with Crippen LogP contribution < -0.4 is 0 Å². The summed E-state index contributed by atoms with van der Waals surface area (Å²) >= 11 is 0. The van der Waals surface area contributed by atoms with Crippen LogP contribution in [0, 0.1) is 0 Å². The first-order chi connectivity index (χ1) is 16.5. The number of allylic oxidation sites excluding steroid dienone is 1. The maximum atomic E-state index is 10.6. The molecule has 1 N–H and O–H groups in total. The summed E-state index contributed by atoms with van der Waals surface area (Å²) in [5.74, 6) is 2.77. The molecule has 34 heavy (non-hydrogen) atoms. The molecule has 0 spiro atoms. The first-order valence-electron chi connectivity index (χ1n) is 13.0. The van der Waals surface area contributed by atoms with Crippen LogP contribution in [0.2, 0.25) is 0 Å². The summed E-state index contributed by atoms with van der Waals surface area (Å²) in [6.45, 7) is 8.69. The molecule has 0 aromatic carbocycles. The lowest BCUT2D eigenvalue weighted by molar-refractivity contribution is 0.107. The molecule has 3 aliphatic heterocycles. The second kappa shape index (κ2) is 9.80. The van der Waals surface area contributed by atoms with Gasteiger partial charge in [0.2, 0.25) is 0 Å². The summed E-state index contributed by atoms with van der Waals surface area (Å²) in [5, 5.41) is 10.6. The molecular formula is C27H40N6O. The van der Waals surface area contributed by atoms with Crippen LogP contribution >= 0.6 is 0 Å². The largest absolute Gasteiger partial charge is 0.390 e. The lowest BCUT2D eigenvalue weighted by atomic mass is 9.88. The van der Waals surface area contributed by atoms with E-state index in [0.717, 1.165) is 75.5 Å². The number of aromatic nitrogens is 3. The summed E-state index contributed by atoms with van der Waals surface area (Å²) in [6, 6.07) is 4.75. The smallest absolute Gasteiger partial charge is 0.115 e. The highest BCUT2D eigenvalue weighted by atomic mass is 16.3. The predicted molar refractivity (Wildman–Crippen MR) is 135 cm³/mol. The van der Waals surface area contributed by atoms with E-state index in [1.807, 2.05) is 6.20 Å². The third kappa shape index (κ3) is 4.18. The Hall–Kier alpha value is -2.22. The Kier molecular flexibility index (Phi) is 6.78. The number of imidazole rings is 1. The van der Waals surface area contributed by atoms with Crippen molar-refractivity contribution in [1.82, 2.24) is 29.2 Å². The molecule has 2 aromatic heterocycles. The highest BCUT2D eigenvalue weighted by Gasteiger charge is 2.36. The van der Waals surface area contributed by atoms with Crippen molar-refractivity contribution in [2.75, 3.05) is 40.3 Å². The average Bonchev–Trinajstić information content (AvgIpc) is 3.23. The van der Waals surface area contributed by atoms with E-state index in [9.17, 15) is 5.11 Å². The summed E-state index contributed by atoms with van der Waals surface area (Å²) in [4.78, 5) is 17.4. The van der Waals surface area contributed by atoms with E-state index in [0.29, 0.717) is 5.92 Å². The van der Waals surface area contributed by atoms with Crippen LogP contribution in [0.15, 0.2) is 24.4 Å². The Labute approximate surface area is 204 Å². The maximum absolute atomic E-state index is 10.6.